The minimum Gasteiger partial charge on any atom is -0.337 e. The van der Waals surface area contributed by atoms with Crippen LogP contribution in [0.2, 0.25) is 0 Å². The zero-order chi connectivity index (χ0) is 17.1. The fraction of sp³-hybridized carbons (Fsp3) is 0.444. The molecule has 4 rings (SSSR count). The number of hydrogen-bond donors (Lipinski definition) is 2. The molecule has 0 unspecified atom stereocenters. The SMILES string of the molecule is CCSNC1CCN(Cc2ccc3c(c2)Nc2nccnc2S3)CC1. The summed E-state index contributed by atoms with van der Waals surface area (Å²) < 4.78 is 3.57. The Labute approximate surface area is 157 Å². The van der Waals surface area contributed by atoms with Gasteiger partial charge >= 0.3 is 0 Å². The summed E-state index contributed by atoms with van der Waals surface area (Å²) in [5.41, 5.74) is 2.50. The van der Waals surface area contributed by atoms with Crippen molar-refractivity contribution in [3.63, 3.8) is 0 Å². The zero-order valence-corrected chi connectivity index (χ0v) is 16.0. The summed E-state index contributed by atoms with van der Waals surface area (Å²) >= 11 is 3.52. The van der Waals surface area contributed by atoms with Crippen LogP contribution in [0.3, 0.4) is 0 Å². The van der Waals surface area contributed by atoms with E-state index in [9.17, 15) is 0 Å². The minimum absolute atomic E-state index is 0.665. The highest BCUT2D eigenvalue weighted by atomic mass is 32.2. The fourth-order valence-corrected chi connectivity index (χ4v) is 4.76. The van der Waals surface area contributed by atoms with Crippen LogP contribution in [0.15, 0.2) is 40.5 Å². The van der Waals surface area contributed by atoms with Crippen molar-refractivity contribution < 1.29 is 0 Å². The Balaban J connectivity index is 1.37. The summed E-state index contributed by atoms with van der Waals surface area (Å²) in [4.78, 5) is 12.5. The molecule has 1 saturated heterocycles. The van der Waals surface area contributed by atoms with Crippen molar-refractivity contribution in [1.82, 2.24) is 19.6 Å². The fourth-order valence-electron chi connectivity index (χ4n) is 3.25. The van der Waals surface area contributed by atoms with E-state index in [0.717, 1.165) is 41.9 Å². The summed E-state index contributed by atoms with van der Waals surface area (Å²) in [7, 11) is 0. The van der Waals surface area contributed by atoms with E-state index in [2.05, 4.69) is 50.0 Å². The lowest BCUT2D eigenvalue weighted by Gasteiger charge is -2.32. The molecule has 1 fully saturated rings. The summed E-state index contributed by atoms with van der Waals surface area (Å²) in [6, 6.07) is 7.37. The molecular formula is C18H23N5S2. The number of nitrogens with one attached hydrogen (secondary N) is 2. The molecule has 5 nitrogen and oxygen atoms in total. The number of nitrogens with zero attached hydrogens (tertiary/aromatic N) is 3. The maximum absolute atomic E-state index is 4.38. The number of anilines is 2. The summed E-state index contributed by atoms with van der Waals surface area (Å²) in [6.07, 6.45) is 5.94. The van der Waals surface area contributed by atoms with Crippen molar-refractivity contribution in [1.29, 1.82) is 0 Å². The van der Waals surface area contributed by atoms with E-state index in [1.165, 1.54) is 23.3 Å². The first-order valence-corrected chi connectivity index (χ1v) is 10.6. The van der Waals surface area contributed by atoms with E-state index in [0.29, 0.717) is 6.04 Å². The van der Waals surface area contributed by atoms with Crippen molar-refractivity contribution in [2.45, 2.75) is 42.3 Å². The number of hydrogen-bond acceptors (Lipinski definition) is 7. The van der Waals surface area contributed by atoms with Crippen molar-refractivity contribution >= 4 is 35.2 Å². The third kappa shape index (κ3) is 4.11. The van der Waals surface area contributed by atoms with Crippen molar-refractivity contribution in [3.05, 3.63) is 36.2 Å². The topological polar surface area (TPSA) is 53.1 Å². The third-order valence-corrected chi connectivity index (χ3v) is 6.41. The van der Waals surface area contributed by atoms with Gasteiger partial charge in [-0.15, -0.1) is 0 Å². The Kier molecular flexibility index (Phi) is 5.45. The molecule has 1 aromatic carbocycles. The van der Waals surface area contributed by atoms with Crippen LogP contribution in [0.5, 0.6) is 0 Å². The molecule has 0 radical (unpaired) electrons. The second-order valence-corrected chi connectivity index (χ2v) is 8.50. The first-order chi connectivity index (χ1) is 12.3. The van der Waals surface area contributed by atoms with Gasteiger partial charge in [0.2, 0.25) is 0 Å². The monoisotopic (exact) mass is 373 g/mol. The van der Waals surface area contributed by atoms with Crippen LogP contribution >= 0.6 is 23.7 Å². The highest BCUT2D eigenvalue weighted by molar-refractivity contribution is 7.99. The molecule has 2 aromatic rings. The maximum Gasteiger partial charge on any atom is 0.163 e. The number of likely N-dealkylation sites (tertiary alicyclic amines) is 1. The van der Waals surface area contributed by atoms with Crippen LogP contribution in [0.1, 0.15) is 25.3 Å². The number of fused-ring (bicyclic) bond motifs is 2. The zero-order valence-electron chi connectivity index (χ0n) is 14.4. The standard InChI is InChI=1S/C18H23N5S2/c1-2-24-22-14-5-9-23(10-6-14)12-13-3-4-16-15(11-13)21-17-18(25-16)20-8-7-19-17/h3-4,7-8,11,14,22H,2,5-6,9-10,12H2,1H3,(H,19,21). The quantitative estimate of drug-likeness (QED) is 0.658. The van der Waals surface area contributed by atoms with Gasteiger partial charge in [0, 0.05) is 35.6 Å². The van der Waals surface area contributed by atoms with E-state index < -0.39 is 0 Å². The molecule has 2 aliphatic rings. The predicted octanol–water partition coefficient (Wildman–Crippen LogP) is 3.91. The number of rotatable bonds is 5. The predicted molar refractivity (Wildman–Crippen MR) is 105 cm³/mol. The van der Waals surface area contributed by atoms with E-state index in [4.69, 9.17) is 0 Å². The molecule has 0 aliphatic carbocycles. The van der Waals surface area contributed by atoms with Crippen LogP contribution in [0.25, 0.3) is 0 Å². The van der Waals surface area contributed by atoms with Crippen LogP contribution in [-0.2, 0) is 6.54 Å². The molecule has 132 valence electrons. The molecule has 0 amide bonds. The molecule has 1 aromatic heterocycles. The molecule has 2 aliphatic heterocycles. The smallest absolute Gasteiger partial charge is 0.163 e. The number of benzene rings is 1. The van der Waals surface area contributed by atoms with Gasteiger partial charge in [0.25, 0.3) is 0 Å². The lowest BCUT2D eigenvalue weighted by Crippen LogP contribution is -2.40. The summed E-state index contributed by atoms with van der Waals surface area (Å²) in [6.45, 7) is 5.53. The second-order valence-electron chi connectivity index (χ2n) is 6.37. The first kappa shape index (κ1) is 17.1. The van der Waals surface area contributed by atoms with Crippen molar-refractivity contribution in [3.8, 4) is 0 Å². The minimum atomic E-state index is 0.665. The van der Waals surface area contributed by atoms with E-state index in [1.54, 1.807) is 24.2 Å². The Bertz CT molecular complexity index is 731. The van der Waals surface area contributed by atoms with Crippen LogP contribution in [0, 0.1) is 0 Å². The second kappa shape index (κ2) is 7.95. The molecule has 25 heavy (non-hydrogen) atoms. The lowest BCUT2D eigenvalue weighted by molar-refractivity contribution is 0.201. The molecule has 7 heteroatoms. The highest BCUT2D eigenvalue weighted by Crippen LogP contribution is 2.42. The molecule has 0 atom stereocenters. The largest absolute Gasteiger partial charge is 0.337 e. The van der Waals surface area contributed by atoms with E-state index in [1.807, 2.05) is 11.9 Å². The Morgan fingerprint density at radius 1 is 1.28 bits per heavy atom. The van der Waals surface area contributed by atoms with Crippen molar-refractivity contribution in [2.24, 2.45) is 0 Å². The molecule has 3 heterocycles. The van der Waals surface area contributed by atoms with Gasteiger partial charge < -0.3 is 5.32 Å². The number of aromatic nitrogens is 2. The molecule has 0 bridgehead atoms. The summed E-state index contributed by atoms with van der Waals surface area (Å²) in [5.74, 6) is 1.99. The molecular weight excluding hydrogens is 350 g/mol. The van der Waals surface area contributed by atoms with Gasteiger partial charge in [0.05, 0.1) is 5.69 Å². The number of piperidine rings is 1. The average Bonchev–Trinajstić information content (AvgIpc) is 2.66. The van der Waals surface area contributed by atoms with Gasteiger partial charge in [-0.25, -0.2) is 9.97 Å². The summed E-state index contributed by atoms with van der Waals surface area (Å²) in [5, 5.41) is 4.37. The van der Waals surface area contributed by atoms with Gasteiger partial charge in [-0.1, -0.05) is 36.7 Å². The maximum atomic E-state index is 4.38. The van der Waals surface area contributed by atoms with Gasteiger partial charge in [-0.05, 0) is 43.6 Å². The van der Waals surface area contributed by atoms with Gasteiger partial charge in [0.15, 0.2) is 5.82 Å². The van der Waals surface area contributed by atoms with Crippen LogP contribution in [-0.4, -0.2) is 39.8 Å². The molecule has 0 saturated carbocycles. The van der Waals surface area contributed by atoms with E-state index in [-0.39, 0.29) is 0 Å². The molecule has 0 spiro atoms. The lowest BCUT2D eigenvalue weighted by atomic mass is 10.1. The van der Waals surface area contributed by atoms with E-state index >= 15 is 0 Å². The van der Waals surface area contributed by atoms with Gasteiger partial charge in [0.1, 0.15) is 5.03 Å². The average molecular weight is 374 g/mol. The van der Waals surface area contributed by atoms with Crippen LogP contribution < -0.4 is 10.0 Å². The highest BCUT2D eigenvalue weighted by Gasteiger charge is 2.21. The van der Waals surface area contributed by atoms with Crippen molar-refractivity contribution in [2.75, 3.05) is 24.2 Å². The molecule has 2 N–H and O–H groups in total. The third-order valence-electron chi connectivity index (χ3n) is 4.56. The van der Waals surface area contributed by atoms with Gasteiger partial charge in [-0.2, -0.15) is 0 Å². The van der Waals surface area contributed by atoms with Crippen LogP contribution in [0.4, 0.5) is 11.5 Å². The normalized spacial score (nSPS) is 17.6. The Hall–Kier alpha value is -1.28. The van der Waals surface area contributed by atoms with Gasteiger partial charge in [-0.3, -0.25) is 9.62 Å². The Morgan fingerprint density at radius 2 is 2.12 bits per heavy atom. The Morgan fingerprint density at radius 3 is 2.96 bits per heavy atom. The first-order valence-electron chi connectivity index (χ1n) is 8.80.